The highest BCUT2D eigenvalue weighted by Gasteiger charge is 2.57. The lowest BCUT2D eigenvalue weighted by atomic mass is 9.81. The summed E-state index contributed by atoms with van der Waals surface area (Å²) in [5.41, 5.74) is -0.212. The molecule has 3 heterocycles. The molecular formula is C16H18ClNO6. The van der Waals surface area contributed by atoms with Crippen LogP contribution in [0.5, 0.6) is 11.5 Å². The molecule has 2 saturated heterocycles. The zero-order chi connectivity index (χ0) is 16.0. The van der Waals surface area contributed by atoms with Gasteiger partial charge in [-0.1, -0.05) is 0 Å². The number of nitrogens with zero attached hydrogens (tertiary/aromatic N) is 1. The van der Waals surface area contributed by atoms with Crippen LogP contribution in [0.2, 0.25) is 0 Å². The van der Waals surface area contributed by atoms with E-state index in [1.54, 1.807) is 23.1 Å². The van der Waals surface area contributed by atoms with Gasteiger partial charge in [-0.05, 0) is 18.2 Å². The van der Waals surface area contributed by atoms with Crippen LogP contribution in [0.15, 0.2) is 18.2 Å². The van der Waals surface area contributed by atoms with Crippen LogP contribution in [0.4, 0.5) is 0 Å². The molecule has 8 heteroatoms. The van der Waals surface area contributed by atoms with Crippen LogP contribution in [-0.4, -0.2) is 57.0 Å². The second-order valence-corrected chi connectivity index (χ2v) is 6.11. The predicted octanol–water partition coefficient (Wildman–Crippen LogP) is 1.10. The van der Waals surface area contributed by atoms with Gasteiger partial charge in [-0.3, -0.25) is 9.59 Å². The molecule has 0 saturated carbocycles. The summed E-state index contributed by atoms with van der Waals surface area (Å²) >= 11 is 0. The molecular weight excluding hydrogens is 338 g/mol. The third kappa shape index (κ3) is 2.39. The average Bonchev–Trinajstić information content (AvgIpc) is 3.25. The molecule has 1 aromatic rings. The van der Waals surface area contributed by atoms with E-state index in [0.717, 1.165) is 0 Å². The fraction of sp³-hybridized carbons (Fsp3) is 0.500. The van der Waals surface area contributed by atoms with E-state index in [1.165, 1.54) is 7.11 Å². The second-order valence-electron chi connectivity index (χ2n) is 6.11. The summed E-state index contributed by atoms with van der Waals surface area (Å²) < 4.78 is 21.0. The normalized spacial score (nSPS) is 26.7. The van der Waals surface area contributed by atoms with Crippen molar-refractivity contribution < 1.29 is 28.5 Å². The maximum Gasteiger partial charge on any atom is 0.316 e. The summed E-state index contributed by atoms with van der Waals surface area (Å²) in [6, 6.07) is 5.12. The Balaban J connectivity index is 0.00000169. The monoisotopic (exact) mass is 355 g/mol. The first-order chi connectivity index (χ1) is 11.1. The molecule has 1 aromatic carbocycles. The Bertz CT molecular complexity index is 681. The maximum atomic E-state index is 12.8. The maximum absolute atomic E-state index is 12.8. The molecule has 7 nitrogen and oxygen atoms in total. The highest BCUT2D eigenvalue weighted by molar-refractivity contribution is 5.96. The van der Waals surface area contributed by atoms with Crippen molar-refractivity contribution in [2.24, 2.45) is 11.3 Å². The van der Waals surface area contributed by atoms with Crippen molar-refractivity contribution >= 4 is 24.3 Å². The SMILES string of the molecule is COC(=O)[C@@]12COC[C@@H]1CN(C(=O)c1ccc3c(c1)OCO3)C2.Cl. The lowest BCUT2D eigenvalue weighted by Gasteiger charge is -2.23. The molecule has 3 aliphatic rings. The van der Waals surface area contributed by atoms with E-state index in [2.05, 4.69) is 0 Å². The van der Waals surface area contributed by atoms with Crippen LogP contribution in [0.25, 0.3) is 0 Å². The molecule has 2 atom stereocenters. The Kier molecular flexibility index (Phi) is 4.31. The minimum absolute atomic E-state index is 0. The molecule has 3 aliphatic heterocycles. The smallest absolute Gasteiger partial charge is 0.316 e. The zero-order valence-electron chi connectivity index (χ0n) is 13.1. The van der Waals surface area contributed by atoms with Crippen molar-refractivity contribution in [1.29, 1.82) is 0 Å². The van der Waals surface area contributed by atoms with Crippen molar-refractivity contribution in [2.45, 2.75) is 0 Å². The highest BCUT2D eigenvalue weighted by atomic mass is 35.5. The average molecular weight is 356 g/mol. The first kappa shape index (κ1) is 16.9. The number of rotatable bonds is 2. The lowest BCUT2D eigenvalue weighted by molar-refractivity contribution is -0.153. The van der Waals surface area contributed by atoms with Gasteiger partial charge in [0.15, 0.2) is 11.5 Å². The topological polar surface area (TPSA) is 74.3 Å². The van der Waals surface area contributed by atoms with Crippen molar-refractivity contribution in [3.8, 4) is 11.5 Å². The van der Waals surface area contributed by atoms with E-state index in [1.807, 2.05) is 0 Å². The third-order valence-electron chi connectivity index (χ3n) is 4.87. The number of hydrogen-bond donors (Lipinski definition) is 0. The third-order valence-corrected chi connectivity index (χ3v) is 4.87. The quantitative estimate of drug-likeness (QED) is 0.740. The number of hydrogen-bond acceptors (Lipinski definition) is 6. The predicted molar refractivity (Wildman–Crippen MR) is 84.5 cm³/mol. The molecule has 0 radical (unpaired) electrons. The van der Waals surface area contributed by atoms with E-state index in [0.29, 0.717) is 43.4 Å². The molecule has 2 fully saturated rings. The minimum atomic E-state index is -0.735. The Hall–Kier alpha value is -1.99. The summed E-state index contributed by atoms with van der Waals surface area (Å²) in [5.74, 6) is 0.760. The number of carbonyl (C=O) groups is 2. The van der Waals surface area contributed by atoms with Gasteiger partial charge < -0.3 is 23.8 Å². The van der Waals surface area contributed by atoms with Crippen LogP contribution >= 0.6 is 12.4 Å². The fourth-order valence-electron chi connectivity index (χ4n) is 3.59. The number of carbonyl (C=O) groups excluding carboxylic acids is 2. The number of methoxy groups -OCH3 is 1. The number of esters is 1. The molecule has 4 rings (SSSR count). The summed E-state index contributed by atoms with van der Waals surface area (Å²) in [7, 11) is 1.37. The van der Waals surface area contributed by atoms with Crippen molar-refractivity contribution in [1.82, 2.24) is 4.90 Å². The number of fused-ring (bicyclic) bond motifs is 2. The number of ether oxygens (including phenoxy) is 4. The molecule has 24 heavy (non-hydrogen) atoms. The summed E-state index contributed by atoms with van der Waals surface area (Å²) in [6.45, 7) is 1.75. The molecule has 0 aliphatic carbocycles. The lowest BCUT2D eigenvalue weighted by Crippen LogP contribution is -2.41. The van der Waals surface area contributed by atoms with Gasteiger partial charge in [0.1, 0.15) is 5.41 Å². The van der Waals surface area contributed by atoms with Crippen LogP contribution in [0.3, 0.4) is 0 Å². The Labute approximate surface area is 145 Å². The first-order valence-electron chi connectivity index (χ1n) is 7.49. The number of benzene rings is 1. The van der Waals surface area contributed by atoms with Crippen LogP contribution in [-0.2, 0) is 14.3 Å². The van der Waals surface area contributed by atoms with E-state index in [9.17, 15) is 9.59 Å². The van der Waals surface area contributed by atoms with E-state index in [-0.39, 0.29) is 37.0 Å². The van der Waals surface area contributed by atoms with Gasteiger partial charge in [-0.2, -0.15) is 0 Å². The van der Waals surface area contributed by atoms with Crippen molar-refractivity contribution in [3.05, 3.63) is 23.8 Å². The molecule has 0 N–H and O–H groups in total. The van der Waals surface area contributed by atoms with Crippen LogP contribution in [0.1, 0.15) is 10.4 Å². The standard InChI is InChI=1S/C16H17NO6.ClH/c1-20-15(19)16-7-17(5-11(16)6-21-8-16)14(18)10-2-3-12-13(4-10)23-9-22-12;/h2-4,11H,5-9H2,1H3;1H/t11-,16-;/m0./s1. The molecule has 1 amide bonds. The molecule has 0 spiro atoms. The Morgan fingerprint density at radius 1 is 1.29 bits per heavy atom. The summed E-state index contributed by atoms with van der Waals surface area (Å²) in [4.78, 5) is 26.7. The number of halogens is 1. The van der Waals surface area contributed by atoms with Crippen LogP contribution < -0.4 is 9.47 Å². The van der Waals surface area contributed by atoms with Gasteiger partial charge in [-0.25, -0.2) is 0 Å². The van der Waals surface area contributed by atoms with Gasteiger partial charge in [0.25, 0.3) is 5.91 Å². The van der Waals surface area contributed by atoms with E-state index >= 15 is 0 Å². The summed E-state index contributed by atoms with van der Waals surface area (Å²) in [5, 5.41) is 0. The minimum Gasteiger partial charge on any atom is -0.468 e. The first-order valence-corrected chi connectivity index (χ1v) is 7.49. The largest absolute Gasteiger partial charge is 0.468 e. The van der Waals surface area contributed by atoms with E-state index < -0.39 is 5.41 Å². The molecule has 130 valence electrons. The zero-order valence-corrected chi connectivity index (χ0v) is 14.0. The van der Waals surface area contributed by atoms with Crippen molar-refractivity contribution in [2.75, 3.05) is 40.2 Å². The van der Waals surface area contributed by atoms with E-state index in [4.69, 9.17) is 18.9 Å². The molecule has 0 aromatic heterocycles. The molecule has 0 bridgehead atoms. The Morgan fingerprint density at radius 2 is 2.08 bits per heavy atom. The summed E-state index contributed by atoms with van der Waals surface area (Å²) in [6.07, 6.45) is 0. The fourth-order valence-corrected chi connectivity index (χ4v) is 3.59. The van der Waals surface area contributed by atoms with Gasteiger partial charge in [-0.15, -0.1) is 12.4 Å². The molecule has 0 unspecified atom stereocenters. The van der Waals surface area contributed by atoms with Gasteiger partial charge in [0.2, 0.25) is 6.79 Å². The van der Waals surface area contributed by atoms with Crippen LogP contribution in [0, 0.1) is 11.3 Å². The Morgan fingerprint density at radius 3 is 2.88 bits per heavy atom. The number of amides is 1. The van der Waals surface area contributed by atoms with Gasteiger partial charge in [0.05, 0.1) is 20.3 Å². The highest BCUT2D eigenvalue weighted by Crippen LogP contribution is 2.43. The second kappa shape index (κ2) is 6.14. The van der Waals surface area contributed by atoms with Crippen molar-refractivity contribution in [3.63, 3.8) is 0 Å². The van der Waals surface area contributed by atoms with Gasteiger partial charge >= 0.3 is 5.97 Å². The number of likely N-dealkylation sites (tertiary alicyclic amines) is 1. The van der Waals surface area contributed by atoms with Gasteiger partial charge in [0, 0.05) is 24.6 Å².